The Labute approximate surface area is 210 Å². The molecular weight excluding hydrogens is 460 g/mol. The van der Waals surface area contributed by atoms with Crippen LogP contribution < -0.4 is 10.4 Å². The van der Waals surface area contributed by atoms with Crippen LogP contribution in [0, 0.1) is 0 Å². The van der Waals surface area contributed by atoms with E-state index in [2.05, 4.69) is 20.8 Å². The first kappa shape index (κ1) is 28.5. The van der Waals surface area contributed by atoms with Crippen molar-refractivity contribution in [1.29, 1.82) is 0 Å². The van der Waals surface area contributed by atoms with Gasteiger partial charge in [-0.05, 0) is 29.3 Å². The maximum atomic E-state index is 12.1. The summed E-state index contributed by atoms with van der Waals surface area (Å²) in [4.78, 5) is 23.8. The van der Waals surface area contributed by atoms with Crippen molar-refractivity contribution in [2.45, 2.75) is 71.3 Å². The minimum absolute atomic E-state index is 0.252. The Morgan fingerprint density at radius 3 is 1.77 bits per heavy atom. The Kier molecular flexibility index (Phi) is 9.60. The van der Waals surface area contributed by atoms with Gasteiger partial charge >= 0.3 is 11.9 Å². The number of hydrogen-bond acceptors (Lipinski definition) is 6. The number of hydrogen-bond donors (Lipinski definition) is 1. The molecule has 3 atom stereocenters. The zero-order valence-electron chi connectivity index (χ0n) is 21.8. The van der Waals surface area contributed by atoms with Crippen LogP contribution in [0.4, 0.5) is 0 Å². The fourth-order valence-electron chi connectivity index (χ4n) is 4.38. The molecule has 2 aromatic carbocycles. The molecule has 0 aliphatic rings. The van der Waals surface area contributed by atoms with Gasteiger partial charge in [0.15, 0.2) is 6.10 Å². The van der Waals surface area contributed by atoms with Crippen LogP contribution in [-0.2, 0) is 23.5 Å². The van der Waals surface area contributed by atoms with Crippen molar-refractivity contribution in [2.75, 3.05) is 6.61 Å². The maximum Gasteiger partial charge on any atom is 0.303 e. The summed E-state index contributed by atoms with van der Waals surface area (Å²) in [6.07, 6.45) is 1.10. The number of aliphatic hydroxyl groups is 1. The van der Waals surface area contributed by atoms with E-state index in [9.17, 15) is 14.7 Å². The Hall–Kier alpha value is -2.74. The highest BCUT2D eigenvalue weighted by atomic mass is 28.4. The van der Waals surface area contributed by atoms with Gasteiger partial charge in [0.1, 0.15) is 18.3 Å². The van der Waals surface area contributed by atoms with Crippen molar-refractivity contribution >= 4 is 30.6 Å². The number of allylic oxidation sites excluding steroid dienone is 1. The SMILES string of the molecule is C/C=C/[C@H](O)[C@@](C)(O[Si](c1ccccc1)(c1ccccc1)C(C)(C)C)[C@@H](COC(C)=O)OC(C)=O. The number of carbonyl (C=O) groups excluding carboxylic acids is 2. The van der Waals surface area contributed by atoms with Crippen LogP contribution in [0.3, 0.4) is 0 Å². The summed E-state index contributed by atoms with van der Waals surface area (Å²) >= 11 is 0. The Bertz CT molecular complexity index is 960. The van der Waals surface area contributed by atoms with Crippen molar-refractivity contribution in [3.05, 3.63) is 72.8 Å². The van der Waals surface area contributed by atoms with E-state index in [4.69, 9.17) is 13.9 Å². The molecule has 35 heavy (non-hydrogen) atoms. The van der Waals surface area contributed by atoms with Crippen LogP contribution >= 0.6 is 0 Å². The van der Waals surface area contributed by atoms with E-state index in [1.54, 1.807) is 26.0 Å². The molecule has 0 heterocycles. The largest absolute Gasteiger partial charge is 0.462 e. The Morgan fingerprint density at radius 1 is 0.914 bits per heavy atom. The van der Waals surface area contributed by atoms with Gasteiger partial charge in [-0.1, -0.05) is 93.6 Å². The normalized spacial score (nSPS) is 15.8. The topological polar surface area (TPSA) is 82.1 Å². The predicted molar refractivity (Wildman–Crippen MR) is 140 cm³/mol. The standard InChI is InChI=1S/C28H38O6Si/c1-8-15-25(31)28(7,26(33-22(3)30)20-32-21(2)29)34-35(27(4,5)6,23-16-11-9-12-17-23)24-18-13-10-14-19-24/h8-19,25-26,31H,20H2,1-7H3/b15-8+/t25-,26+,28+/m0/s1. The zero-order chi connectivity index (χ0) is 26.3. The first-order valence-electron chi connectivity index (χ1n) is 11.8. The molecule has 0 unspecified atom stereocenters. The fourth-order valence-corrected chi connectivity index (χ4v) is 9.22. The molecule has 0 spiro atoms. The Morgan fingerprint density at radius 2 is 1.40 bits per heavy atom. The molecular formula is C28H38O6Si. The third-order valence-corrected chi connectivity index (χ3v) is 11.3. The van der Waals surface area contributed by atoms with Crippen molar-refractivity contribution in [3.63, 3.8) is 0 Å². The average molecular weight is 499 g/mol. The molecule has 0 aliphatic carbocycles. The van der Waals surface area contributed by atoms with Crippen molar-refractivity contribution in [2.24, 2.45) is 0 Å². The lowest BCUT2D eigenvalue weighted by Gasteiger charge is -2.51. The van der Waals surface area contributed by atoms with Gasteiger partial charge in [0.25, 0.3) is 8.32 Å². The molecule has 1 N–H and O–H groups in total. The first-order chi connectivity index (χ1) is 16.4. The van der Waals surface area contributed by atoms with E-state index >= 15 is 0 Å². The molecule has 6 nitrogen and oxygen atoms in total. The molecule has 0 aliphatic heterocycles. The van der Waals surface area contributed by atoms with Crippen LogP contribution in [-0.4, -0.2) is 49.8 Å². The Balaban J connectivity index is 2.86. The van der Waals surface area contributed by atoms with Gasteiger partial charge < -0.3 is 19.0 Å². The second-order valence-corrected chi connectivity index (χ2v) is 14.0. The molecule has 2 aromatic rings. The summed E-state index contributed by atoms with van der Waals surface area (Å²) in [6.45, 7) is 12.2. The summed E-state index contributed by atoms with van der Waals surface area (Å²) in [5.74, 6) is -1.08. The van der Waals surface area contributed by atoms with Crippen LogP contribution in [0.1, 0.15) is 48.5 Å². The van der Waals surface area contributed by atoms with E-state index in [1.807, 2.05) is 60.7 Å². The van der Waals surface area contributed by atoms with Gasteiger partial charge in [0.05, 0.1) is 0 Å². The van der Waals surface area contributed by atoms with E-state index < -0.39 is 43.1 Å². The van der Waals surface area contributed by atoms with Gasteiger partial charge in [-0.15, -0.1) is 0 Å². The van der Waals surface area contributed by atoms with E-state index in [0.717, 1.165) is 10.4 Å². The van der Waals surface area contributed by atoms with E-state index in [-0.39, 0.29) is 6.61 Å². The number of esters is 2. The molecule has 0 aromatic heterocycles. The molecule has 7 heteroatoms. The molecule has 0 saturated carbocycles. The summed E-state index contributed by atoms with van der Waals surface area (Å²) in [5.41, 5.74) is -1.45. The molecule has 0 fully saturated rings. The smallest absolute Gasteiger partial charge is 0.303 e. The van der Waals surface area contributed by atoms with Crippen LogP contribution in [0.5, 0.6) is 0 Å². The molecule has 2 rings (SSSR count). The van der Waals surface area contributed by atoms with Gasteiger partial charge in [-0.2, -0.15) is 0 Å². The van der Waals surface area contributed by atoms with Crippen molar-refractivity contribution in [3.8, 4) is 0 Å². The quantitative estimate of drug-likeness (QED) is 0.305. The van der Waals surface area contributed by atoms with Gasteiger partial charge in [0.2, 0.25) is 0 Å². The zero-order valence-corrected chi connectivity index (χ0v) is 22.8. The number of ether oxygens (including phenoxy) is 2. The van der Waals surface area contributed by atoms with E-state index in [1.165, 1.54) is 13.8 Å². The third-order valence-electron chi connectivity index (χ3n) is 6.14. The lowest BCUT2D eigenvalue weighted by molar-refractivity contribution is -0.180. The minimum atomic E-state index is -3.17. The van der Waals surface area contributed by atoms with E-state index in [0.29, 0.717) is 0 Å². The summed E-state index contributed by atoms with van der Waals surface area (Å²) < 4.78 is 18.2. The summed E-state index contributed by atoms with van der Waals surface area (Å²) in [5, 5.41) is 13.0. The number of carbonyl (C=O) groups is 2. The van der Waals surface area contributed by atoms with Gasteiger partial charge in [-0.25, -0.2) is 0 Å². The number of aliphatic hydroxyl groups excluding tert-OH is 1. The van der Waals surface area contributed by atoms with Crippen LogP contribution in [0.2, 0.25) is 5.04 Å². The first-order valence-corrected chi connectivity index (χ1v) is 13.7. The predicted octanol–water partition coefficient (Wildman–Crippen LogP) is 3.75. The number of rotatable bonds is 10. The highest BCUT2D eigenvalue weighted by molar-refractivity contribution is 6.99. The lowest BCUT2D eigenvalue weighted by atomic mass is 9.92. The van der Waals surface area contributed by atoms with Gasteiger partial charge in [-0.3, -0.25) is 9.59 Å². The fraction of sp³-hybridized carbons (Fsp3) is 0.429. The average Bonchev–Trinajstić information content (AvgIpc) is 2.80. The highest BCUT2D eigenvalue weighted by Gasteiger charge is 2.57. The maximum absolute atomic E-state index is 12.1. The molecule has 0 bridgehead atoms. The van der Waals surface area contributed by atoms with Crippen molar-refractivity contribution in [1.82, 2.24) is 0 Å². The summed E-state index contributed by atoms with van der Waals surface area (Å²) in [7, 11) is -3.17. The number of benzene rings is 2. The van der Waals surface area contributed by atoms with Crippen molar-refractivity contribution < 1.29 is 28.6 Å². The lowest BCUT2D eigenvalue weighted by Crippen LogP contribution is -2.72. The monoisotopic (exact) mass is 498 g/mol. The summed E-state index contributed by atoms with van der Waals surface area (Å²) in [6, 6.07) is 19.9. The molecule has 0 radical (unpaired) electrons. The second-order valence-electron chi connectivity index (χ2n) is 9.82. The van der Waals surface area contributed by atoms with Gasteiger partial charge in [0, 0.05) is 13.8 Å². The second kappa shape index (κ2) is 11.8. The third kappa shape index (κ3) is 6.48. The molecule has 0 saturated heterocycles. The minimum Gasteiger partial charge on any atom is -0.462 e. The molecule has 190 valence electrons. The van der Waals surface area contributed by atoms with Crippen LogP contribution in [0.25, 0.3) is 0 Å². The highest BCUT2D eigenvalue weighted by Crippen LogP contribution is 2.41. The van der Waals surface area contributed by atoms with Crippen LogP contribution in [0.15, 0.2) is 72.8 Å². The molecule has 0 amide bonds.